The summed E-state index contributed by atoms with van der Waals surface area (Å²) in [7, 11) is 1.33. The van der Waals surface area contributed by atoms with Crippen molar-refractivity contribution in [2.75, 3.05) is 12.4 Å². The van der Waals surface area contributed by atoms with Gasteiger partial charge in [-0.2, -0.15) is 0 Å². The van der Waals surface area contributed by atoms with Crippen LogP contribution in [0.3, 0.4) is 0 Å². The Hall–Kier alpha value is -2.53. The molecular weight excluding hydrogens is 414 g/mol. The van der Waals surface area contributed by atoms with Gasteiger partial charge >= 0.3 is 5.97 Å². The van der Waals surface area contributed by atoms with Crippen LogP contribution in [0.25, 0.3) is 0 Å². The molecule has 1 N–H and O–H groups in total. The smallest absolute Gasteiger partial charge is 0.341 e. The van der Waals surface area contributed by atoms with Crippen molar-refractivity contribution in [1.82, 2.24) is 0 Å². The summed E-state index contributed by atoms with van der Waals surface area (Å²) >= 11 is 6.07. The van der Waals surface area contributed by atoms with E-state index in [9.17, 15) is 9.59 Å². The summed E-state index contributed by atoms with van der Waals surface area (Å²) in [6.07, 6.45) is 5.42. The maximum Gasteiger partial charge on any atom is 0.341 e. The minimum absolute atomic E-state index is 0.0424. The van der Waals surface area contributed by atoms with Crippen molar-refractivity contribution in [3.63, 3.8) is 0 Å². The van der Waals surface area contributed by atoms with Gasteiger partial charge in [0.05, 0.1) is 18.6 Å². The number of methoxy groups -OCH3 is 1. The SMILES string of the molecule is CC[C@H](C)Oc1ccc(NC(=O)C2(c3ccc(Cl)cc3)CCCCC2)cc1C(=O)OC. The van der Waals surface area contributed by atoms with Crippen molar-refractivity contribution >= 4 is 29.2 Å². The standard InChI is InChI=1S/C25H30ClNO4/c1-4-17(2)31-22-13-12-20(16-21(22)23(28)30-3)27-24(29)25(14-6-5-7-15-25)18-8-10-19(26)11-9-18/h8-13,16-17H,4-7,14-15H2,1-3H3,(H,27,29)/t17-/m0/s1. The van der Waals surface area contributed by atoms with E-state index in [2.05, 4.69) is 5.32 Å². The fourth-order valence-corrected chi connectivity index (χ4v) is 4.23. The Kier molecular flexibility index (Phi) is 7.60. The number of hydrogen-bond donors (Lipinski definition) is 1. The van der Waals surface area contributed by atoms with E-state index < -0.39 is 11.4 Å². The maximum atomic E-state index is 13.5. The molecule has 1 amide bonds. The first kappa shape index (κ1) is 23.1. The van der Waals surface area contributed by atoms with Crippen molar-refractivity contribution in [3.8, 4) is 5.75 Å². The molecular formula is C25H30ClNO4. The Morgan fingerprint density at radius 3 is 2.39 bits per heavy atom. The molecule has 1 fully saturated rings. The predicted octanol–water partition coefficient (Wildman–Crippen LogP) is 6.14. The van der Waals surface area contributed by atoms with Gasteiger partial charge in [0.25, 0.3) is 0 Å². The van der Waals surface area contributed by atoms with Gasteiger partial charge in [-0.15, -0.1) is 0 Å². The third-order valence-electron chi connectivity index (χ3n) is 6.08. The van der Waals surface area contributed by atoms with Crippen LogP contribution in [0.5, 0.6) is 5.75 Å². The fourth-order valence-electron chi connectivity index (χ4n) is 4.10. The lowest BCUT2D eigenvalue weighted by Gasteiger charge is -2.36. The molecule has 1 aliphatic rings. The number of carbonyl (C=O) groups excluding carboxylic acids is 2. The van der Waals surface area contributed by atoms with Crippen LogP contribution in [0.15, 0.2) is 42.5 Å². The number of esters is 1. The number of halogens is 1. The summed E-state index contributed by atoms with van der Waals surface area (Å²) in [6, 6.07) is 12.6. The number of benzene rings is 2. The minimum Gasteiger partial charge on any atom is -0.490 e. The number of carbonyl (C=O) groups is 2. The Balaban J connectivity index is 1.91. The van der Waals surface area contributed by atoms with Crippen molar-refractivity contribution in [2.45, 2.75) is 63.9 Å². The van der Waals surface area contributed by atoms with Crippen LogP contribution in [-0.4, -0.2) is 25.1 Å². The fraction of sp³-hybridized carbons (Fsp3) is 0.440. The first-order valence-corrected chi connectivity index (χ1v) is 11.2. The van der Waals surface area contributed by atoms with Crippen molar-refractivity contribution in [3.05, 3.63) is 58.6 Å². The second-order valence-electron chi connectivity index (χ2n) is 8.14. The molecule has 31 heavy (non-hydrogen) atoms. The number of hydrogen-bond acceptors (Lipinski definition) is 4. The first-order chi connectivity index (χ1) is 14.9. The molecule has 3 rings (SSSR count). The van der Waals surface area contributed by atoms with Gasteiger partial charge in [0, 0.05) is 10.7 Å². The Morgan fingerprint density at radius 1 is 1.10 bits per heavy atom. The summed E-state index contributed by atoms with van der Waals surface area (Å²) in [5, 5.41) is 3.69. The van der Waals surface area contributed by atoms with E-state index in [1.807, 2.05) is 38.1 Å². The van der Waals surface area contributed by atoms with Crippen LogP contribution in [-0.2, 0) is 14.9 Å². The number of rotatable bonds is 7. The second-order valence-corrected chi connectivity index (χ2v) is 8.58. The van der Waals surface area contributed by atoms with Gasteiger partial charge in [-0.3, -0.25) is 4.79 Å². The molecule has 6 heteroatoms. The third-order valence-corrected chi connectivity index (χ3v) is 6.34. The van der Waals surface area contributed by atoms with Crippen LogP contribution in [0.2, 0.25) is 5.02 Å². The summed E-state index contributed by atoms with van der Waals surface area (Å²) in [4.78, 5) is 25.9. The third kappa shape index (κ3) is 5.21. The van der Waals surface area contributed by atoms with E-state index in [1.165, 1.54) is 7.11 Å². The summed E-state index contributed by atoms with van der Waals surface area (Å²) in [5.74, 6) is -0.121. The molecule has 0 bridgehead atoms. The van der Waals surface area contributed by atoms with Gasteiger partial charge in [0.1, 0.15) is 11.3 Å². The monoisotopic (exact) mass is 443 g/mol. The van der Waals surface area contributed by atoms with Gasteiger partial charge < -0.3 is 14.8 Å². The topological polar surface area (TPSA) is 64.6 Å². The summed E-state index contributed by atoms with van der Waals surface area (Å²) in [5.41, 5.74) is 1.20. The van der Waals surface area contributed by atoms with Crippen LogP contribution < -0.4 is 10.1 Å². The molecule has 0 unspecified atom stereocenters. The van der Waals surface area contributed by atoms with E-state index in [1.54, 1.807) is 18.2 Å². The number of amides is 1. The minimum atomic E-state index is -0.611. The molecule has 0 radical (unpaired) electrons. The average Bonchev–Trinajstić information content (AvgIpc) is 2.80. The van der Waals surface area contributed by atoms with Crippen LogP contribution in [0.1, 0.15) is 68.3 Å². The normalized spacial score (nSPS) is 16.3. The van der Waals surface area contributed by atoms with Gasteiger partial charge in [0.2, 0.25) is 5.91 Å². The summed E-state index contributed by atoms with van der Waals surface area (Å²) in [6.45, 7) is 3.95. The second kappa shape index (κ2) is 10.2. The molecule has 0 saturated heterocycles. The van der Waals surface area contributed by atoms with E-state index >= 15 is 0 Å². The van der Waals surface area contributed by atoms with Gasteiger partial charge in [0.15, 0.2) is 0 Å². The van der Waals surface area contributed by atoms with Gasteiger partial charge in [-0.05, 0) is 62.1 Å². The molecule has 1 aliphatic carbocycles. The molecule has 0 aliphatic heterocycles. The lowest BCUT2D eigenvalue weighted by atomic mass is 9.68. The first-order valence-electron chi connectivity index (χ1n) is 10.9. The van der Waals surface area contributed by atoms with Gasteiger partial charge in [-0.1, -0.05) is 49.9 Å². The molecule has 1 atom stereocenters. The molecule has 2 aromatic carbocycles. The molecule has 0 spiro atoms. The van der Waals surface area contributed by atoms with Crippen molar-refractivity contribution in [1.29, 1.82) is 0 Å². The highest BCUT2D eigenvalue weighted by Gasteiger charge is 2.41. The Bertz CT molecular complexity index is 920. The van der Waals surface area contributed by atoms with E-state index in [0.717, 1.165) is 44.1 Å². The summed E-state index contributed by atoms with van der Waals surface area (Å²) < 4.78 is 10.8. The van der Waals surface area contributed by atoms with Crippen LogP contribution in [0, 0.1) is 0 Å². The van der Waals surface area contributed by atoms with Crippen LogP contribution in [0.4, 0.5) is 5.69 Å². The van der Waals surface area contributed by atoms with Crippen molar-refractivity contribution in [2.24, 2.45) is 0 Å². The quantitative estimate of drug-likeness (QED) is 0.521. The molecule has 166 valence electrons. The Morgan fingerprint density at radius 2 is 1.77 bits per heavy atom. The average molecular weight is 444 g/mol. The zero-order chi connectivity index (χ0) is 22.4. The zero-order valence-electron chi connectivity index (χ0n) is 18.4. The maximum absolute atomic E-state index is 13.5. The molecule has 1 saturated carbocycles. The highest BCUT2D eigenvalue weighted by molar-refractivity contribution is 6.30. The molecule has 2 aromatic rings. The number of anilines is 1. The van der Waals surface area contributed by atoms with E-state index in [4.69, 9.17) is 21.1 Å². The van der Waals surface area contributed by atoms with Gasteiger partial charge in [-0.25, -0.2) is 4.79 Å². The van der Waals surface area contributed by atoms with Crippen molar-refractivity contribution < 1.29 is 19.1 Å². The van der Waals surface area contributed by atoms with Crippen LogP contribution >= 0.6 is 11.6 Å². The molecule has 5 nitrogen and oxygen atoms in total. The van der Waals surface area contributed by atoms with E-state index in [0.29, 0.717) is 22.0 Å². The number of ether oxygens (including phenoxy) is 2. The lowest BCUT2D eigenvalue weighted by Crippen LogP contribution is -2.42. The zero-order valence-corrected chi connectivity index (χ0v) is 19.1. The lowest BCUT2D eigenvalue weighted by molar-refractivity contribution is -0.122. The highest BCUT2D eigenvalue weighted by atomic mass is 35.5. The highest BCUT2D eigenvalue weighted by Crippen LogP contribution is 2.41. The molecule has 0 heterocycles. The largest absolute Gasteiger partial charge is 0.490 e. The number of nitrogens with one attached hydrogen (secondary N) is 1. The Labute approximate surface area is 189 Å². The van der Waals surface area contributed by atoms with E-state index in [-0.39, 0.29) is 12.0 Å². The molecule has 0 aromatic heterocycles. The predicted molar refractivity (Wildman–Crippen MR) is 123 cm³/mol.